The summed E-state index contributed by atoms with van der Waals surface area (Å²) >= 11 is 0. The van der Waals surface area contributed by atoms with E-state index in [1.54, 1.807) is 13.2 Å². The van der Waals surface area contributed by atoms with E-state index in [4.69, 9.17) is 9.15 Å². The molecule has 0 unspecified atom stereocenters. The highest BCUT2D eigenvalue weighted by atomic mass is 32.2. The number of benzene rings is 1. The lowest BCUT2D eigenvalue weighted by molar-refractivity contribution is 0.411. The SMILES string of the molecule is CNS(=O)(=O)c1ccc(CNc2cc(C)ccc2OC)o1. The standard InChI is InChI=1S/C14H18N2O4S/c1-10-4-6-13(19-3)12(8-10)16-9-11-5-7-14(20-11)21(17,18)15-2/h4-8,15-16H,9H2,1-3H3. The zero-order valence-corrected chi connectivity index (χ0v) is 13.0. The van der Waals surface area contributed by atoms with Crippen molar-refractivity contribution in [1.82, 2.24) is 4.72 Å². The van der Waals surface area contributed by atoms with Crippen molar-refractivity contribution in [2.45, 2.75) is 18.6 Å². The summed E-state index contributed by atoms with van der Waals surface area (Å²) in [7, 11) is -0.611. The van der Waals surface area contributed by atoms with Crippen molar-refractivity contribution in [3.8, 4) is 5.75 Å². The monoisotopic (exact) mass is 310 g/mol. The highest BCUT2D eigenvalue weighted by Crippen LogP contribution is 2.26. The maximum absolute atomic E-state index is 11.6. The first-order chi connectivity index (χ1) is 9.96. The van der Waals surface area contributed by atoms with Crippen LogP contribution in [0.25, 0.3) is 0 Å². The van der Waals surface area contributed by atoms with Crippen molar-refractivity contribution in [3.63, 3.8) is 0 Å². The number of anilines is 1. The molecule has 1 aromatic heterocycles. The Morgan fingerprint density at radius 2 is 2.00 bits per heavy atom. The average molecular weight is 310 g/mol. The van der Waals surface area contributed by atoms with E-state index in [0.717, 1.165) is 17.0 Å². The van der Waals surface area contributed by atoms with Gasteiger partial charge in [-0.3, -0.25) is 0 Å². The molecule has 0 aliphatic carbocycles. The van der Waals surface area contributed by atoms with Gasteiger partial charge in [-0.2, -0.15) is 0 Å². The molecule has 0 saturated heterocycles. The largest absolute Gasteiger partial charge is 0.495 e. The Bertz CT molecular complexity index is 722. The molecule has 1 aromatic carbocycles. The molecular weight excluding hydrogens is 292 g/mol. The molecule has 1 heterocycles. The summed E-state index contributed by atoms with van der Waals surface area (Å²) in [5, 5.41) is 3.07. The molecule has 0 amide bonds. The van der Waals surface area contributed by atoms with E-state index in [9.17, 15) is 8.42 Å². The number of rotatable bonds is 6. The van der Waals surface area contributed by atoms with Crippen LogP contribution in [0.1, 0.15) is 11.3 Å². The zero-order valence-electron chi connectivity index (χ0n) is 12.1. The fraction of sp³-hybridized carbons (Fsp3) is 0.286. The fourth-order valence-electron chi connectivity index (χ4n) is 1.84. The Balaban J connectivity index is 2.12. The first kappa shape index (κ1) is 15.4. The van der Waals surface area contributed by atoms with E-state index in [0.29, 0.717) is 12.3 Å². The highest BCUT2D eigenvalue weighted by molar-refractivity contribution is 7.89. The second-order valence-electron chi connectivity index (χ2n) is 4.49. The summed E-state index contributed by atoms with van der Waals surface area (Å²) < 4.78 is 36.0. The third-order valence-electron chi connectivity index (χ3n) is 2.98. The van der Waals surface area contributed by atoms with Gasteiger partial charge < -0.3 is 14.5 Å². The Hall–Kier alpha value is -1.99. The first-order valence-electron chi connectivity index (χ1n) is 6.37. The molecule has 2 aromatic rings. The number of methoxy groups -OCH3 is 1. The van der Waals surface area contributed by atoms with Crippen LogP contribution in [0.15, 0.2) is 39.8 Å². The van der Waals surface area contributed by atoms with E-state index in [1.165, 1.54) is 13.1 Å². The minimum absolute atomic E-state index is 0.0991. The summed E-state index contributed by atoms with van der Waals surface area (Å²) in [6.07, 6.45) is 0. The lowest BCUT2D eigenvalue weighted by atomic mass is 10.2. The predicted octanol–water partition coefficient (Wildman–Crippen LogP) is 2.12. The van der Waals surface area contributed by atoms with Crippen LogP contribution < -0.4 is 14.8 Å². The molecule has 21 heavy (non-hydrogen) atoms. The fourth-order valence-corrected chi connectivity index (χ4v) is 2.51. The Morgan fingerprint density at radius 3 is 2.67 bits per heavy atom. The topological polar surface area (TPSA) is 80.6 Å². The van der Waals surface area contributed by atoms with Crippen molar-refractivity contribution in [2.24, 2.45) is 0 Å². The van der Waals surface area contributed by atoms with Crippen LogP contribution in [0.5, 0.6) is 5.75 Å². The summed E-state index contributed by atoms with van der Waals surface area (Å²) in [6.45, 7) is 2.34. The zero-order chi connectivity index (χ0) is 15.5. The molecule has 0 saturated carbocycles. The number of aryl methyl sites for hydroxylation is 1. The quantitative estimate of drug-likeness (QED) is 0.854. The van der Waals surface area contributed by atoms with Gasteiger partial charge in [0.15, 0.2) is 0 Å². The van der Waals surface area contributed by atoms with Gasteiger partial charge in [0.2, 0.25) is 5.09 Å². The first-order valence-corrected chi connectivity index (χ1v) is 7.85. The molecule has 0 atom stereocenters. The van der Waals surface area contributed by atoms with E-state index in [1.807, 2.05) is 25.1 Å². The maximum Gasteiger partial charge on any atom is 0.273 e. The summed E-state index contributed by atoms with van der Waals surface area (Å²) in [5.74, 6) is 1.24. The molecule has 2 rings (SSSR count). The van der Waals surface area contributed by atoms with Crippen molar-refractivity contribution in [2.75, 3.05) is 19.5 Å². The van der Waals surface area contributed by atoms with Gasteiger partial charge in [-0.25, -0.2) is 13.1 Å². The van der Waals surface area contributed by atoms with E-state index in [2.05, 4.69) is 10.0 Å². The van der Waals surface area contributed by atoms with E-state index >= 15 is 0 Å². The minimum atomic E-state index is -3.55. The summed E-state index contributed by atoms with van der Waals surface area (Å²) in [6, 6.07) is 8.83. The molecule has 0 radical (unpaired) electrons. The van der Waals surface area contributed by atoms with Crippen LogP contribution in [-0.2, 0) is 16.6 Å². The number of hydrogen-bond donors (Lipinski definition) is 2. The molecule has 6 nitrogen and oxygen atoms in total. The van der Waals surface area contributed by atoms with Crippen molar-refractivity contribution < 1.29 is 17.6 Å². The number of ether oxygens (including phenoxy) is 1. The molecule has 0 spiro atoms. The van der Waals surface area contributed by atoms with Gasteiger partial charge in [-0.15, -0.1) is 0 Å². The number of nitrogens with one attached hydrogen (secondary N) is 2. The highest BCUT2D eigenvalue weighted by Gasteiger charge is 2.16. The molecule has 0 bridgehead atoms. The normalized spacial score (nSPS) is 11.4. The third-order valence-corrected chi connectivity index (χ3v) is 4.27. The molecule has 114 valence electrons. The number of hydrogen-bond acceptors (Lipinski definition) is 5. The second-order valence-corrected chi connectivity index (χ2v) is 6.30. The van der Waals surface area contributed by atoms with Gasteiger partial charge in [0.25, 0.3) is 10.0 Å². The van der Waals surface area contributed by atoms with Crippen LogP contribution in [0.4, 0.5) is 5.69 Å². The number of furan rings is 1. The van der Waals surface area contributed by atoms with Gasteiger partial charge in [0.05, 0.1) is 19.3 Å². The molecule has 2 N–H and O–H groups in total. The van der Waals surface area contributed by atoms with E-state index in [-0.39, 0.29) is 5.09 Å². The maximum atomic E-state index is 11.6. The second kappa shape index (κ2) is 6.19. The van der Waals surface area contributed by atoms with Crippen LogP contribution in [0.2, 0.25) is 0 Å². The van der Waals surface area contributed by atoms with Crippen LogP contribution >= 0.6 is 0 Å². The van der Waals surface area contributed by atoms with Crippen molar-refractivity contribution in [3.05, 3.63) is 41.7 Å². The predicted molar refractivity (Wildman–Crippen MR) is 80.0 cm³/mol. The van der Waals surface area contributed by atoms with Gasteiger partial charge in [0, 0.05) is 0 Å². The van der Waals surface area contributed by atoms with Gasteiger partial charge in [0.1, 0.15) is 11.5 Å². The van der Waals surface area contributed by atoms with Crippen LogP contribution in [-0.4, -0.2) is 22.6 Å². The Labute approximate surface area is 124 Å². The summed E-state index contributed by atoms with van der Waals surface area (Å²) in [4.78, 5) is 0. The molecule has 0 fully saturated rings. The van der Waals surface area contributed by atoms with Crippen molar-refractivity contribution in [1.29, 1.82) is 0 Å². The minimum Gasteiger partial charge on any atom is -0.495 e. The molecular formula is C14H18N2O4S. The smallest absolute Gasteiger partial charge is 0.273 e. The van der Waals surface area contributed by atoms with Gasteiger partial charge >= 0.3 is 0 Å². The number of sulfonamides is 1. The Kier molecular flexibility index (Phi) is 4.54. The van der Waals surface area contributed by atoms with Crippen molar-refractivity contribution >= 4 is 15.7 Å². The molecule has 0 aliphatic rings. The van der Waals surface area contributed by atoms with E-state index < -0.39 is 10.0 Å². The van der Waals surface area contributed by atoms with Crippen LogP contribution in [0, 0.1) is 6.92 Å². The van der Waals surface area contributed by atoms with Gasteiger partial charge in [-0.05, 0) is 43.8 Å². The van der Waals surface area contributed by atoms with Crippen LogP contribution in [0.3, 0.4) is 0 Å². The Morgan fingerprint density at radius 1 is 1.24 bits per heavy atom. The lowest BCUT2D eigenvalue weighted by Gasteiger charge is -2.10. The molecule has 7 heteroatoms. The molecule has 0 aliphatic heterocycles. The summed E-state index contributed by atoms with van der Waals surface area (Å²) in [5.41, 5.74) is 1.92. The van der Waals surface area contributed by atoms with Gasteiger partial charge in [-0.1, -0.05) is 6.07 Å². The average Bonchev–Trinajstić information content (AvgIpc) is 2.95. The lowest BCUT2D eigenvalue weighted by Crippen LogP contribution is -2.17. The third kappa shape index (κ3) is 3.56.